The van der Waals surface area contributed by atoms with Crippen LogP contribution in [-0.4, -0.2) is 46.6 Å². The molecule has 2 heterocycles. The second kappa shape index (κ2) is 11.0. The molecule has 200 valence electrons. The molecule has 10 heteroatoms. The molecular weight excluding hydrogens is 486 g/mol. The molecule has 0 aliphatic heterocycles. The van der Waals surface area contributed by atoms with E-state index in [2.05, 4.69) is 15.6 Å². The SMILES string of the molecule is CCC(C)(C)NC(=O)[C@H](c1ccc(C)o1)N(C(=O)Cn1nnc2ccccc21)c1cc(OC)cc(OC)c1. The molecule has 4 rings (SSSR count). The van der Waals surface area contributed by atoms with Crippen LogP contribution in [0, 0.1) is 6.92 Å². The van der Waals surface area contributed by atoms with E-state index in [1.54, 1.807) is 37.3 Å². The maximum atomic E-state index is 14.1. The number of para-hydroxylation sites is 1. The standard InChI is InChI=1S/C28H33N5O5/c1-7-28(3,4)29-27(35)26(24-13-12-18(2)38-24)33(19-14-20(36-5)16-21(15-19)37-6)25(34)17-32-23-11-9-8-10-22(23)30-31-32/h8-16,26H,7,17H2,1-6H3,(H,29,35)/t26-/m0/s1. The number of hydrogen-bond acceptors (Lipinski definition) is 7. The molecule has 0 aliphatic rings. The molecular formula is C28H33N5O5. The van der Waals surface area contributed by atoms with E-state index in [4.69, 9.17) is 13.9 Å². The first-order valence-corrected chi connectivity index (χ1v) is 12.4. The van der Waals surface area contributed by atoms with Gasteiger partial charge in [-0.15, -0.1) is 5.10 Å². The second-order valence-corrected chi connectivity index (χ2v) is 9.65. The van der Waals surface area contributed by atoms with E-state index in [9.17, 15) is 9.59 Å². The van der Waals surface area contributed by atoms with Crippen molar-refractivity contribution in [1.29, 1.82) is 0 Å². The number of aryl methyl sites for hydroxylation is 1. The monoisotopic (exact) mass is 519 g/mol. The van der Waals surface area contributed by atoms with Gasteiger partial charge in [-0.2, -0.15) is 0 Å². The summed E-state index contributed by atoms with van der Waals surface area (Å²) in [6.07, 6.45) is 0.689. The number of nitrogens with one attached hydrogen (secondary N) is 1. The van der Waals surface area contributed by atoms with Crippen molar-refractivity contribution in [1.82, 2.24) is 20.3 Å². The maximum Gasteiger partial charge on any atom is 0.251 e. The van der Waals surface area contributed by atoms with Gasteiger partial charge in [0.15, 0.2) is 6.04 Å². The lowest BCUT2D eigenvalue weighted by atomic mass is 10.0. The van der Waals surface area contributed by atoms with Crippen molar-refractivity contribution in [2.75, 3.05) is 19.1 Å². The molecule has 0 spiro atoms. The van der Waals surface area contributed by atoms with E-state index in [0.717, 1.165) is 0 Å². The lowest BCUT2D eigenvalue weighted by molar-refractivity contribution is -0.128. The quantitative estimate of drug-likeness (QED) is 0.330. The van der Waals surface area contributed by atoms with Crippen LogP contribution in [0.5, 0.6) is 11.5 Å². The van der Waals surface area contributed by atoms with Crippen molar-refractivity contribution in [3.8, 4) is 11.5 Å². The van der Waals surface area contributed by atoms with E-state index >= 15 is 0 Å². The van der Waals surface area contributed by atoms with E-state index in [1.165, 1.54) is 23.8 Å². The van der Waals surface area contributed by atoms with Gasteiger partial charge < -0.3 is 19.2 Å². The molecule has 0 unspecified atom stereocenters. The third-order valence-corrected chi connectivity index (χ3v) is 6.47. The van der Waals surface area contributed by atoms with Gasteiger partial charge in [0.2, 0.25) is 5.91 Å². The number of methoxy groups -OCH3 is 2. The summed E-state index contributed by atoms with van der Waals surface area (Å²) >= 11 is 0. The smallest absolute Gasteiger partial charge is 0.251 e. The number of ether oxygens (including phenoxy) is 2. The Balaban J connectivity index is 1.86. The number of hydrogen-bond donors (Lipinski definition) is 1. The summed E-state index contributed by atoms with van der Waals surface area (Å²) in [4.78, 5) is 29.5. The Bertz CT molecular complexity index is 1420. The number of nitrogens with zero attached hydrogens (tertiary/aromatic N) is 4. The highest BCUT2D eigenvalue weighted by atomic mass is 16.5. The number of carbonyl (C=O) groups excluding carboxylic acids is 2. The Morgan fingerprint density at radius 3 is 2.37 bits per heavy atom. The van der Waals surface area contributed by atoms with Gasteiger partial charge in [0, 0.05) is 23.7 Å². The predicted molar refractivity (Wildman–Crippen MR) is 143 cm³/mol. The molecule has 1 N–H and O–H groups in total. The molecule has 0 aliphatic carbocycles. The van der Waals surface area contributed by atoms with Gasteiger partial charge in [-0.1, -0.05) is 24.3 Å². The van der Waals surface area contributed by atoms with E-state index in [1.807, 2.05) is 45.0 Å². The first-order valence-electron chi connectivity index (χ1n) is 12.4. The molecule has 2 aromatic heterocycles. The summed E-state index contributed by atoms with van der Waals surface area (Å²) in [7, 11) is 3.05. The van der Waals surface area contributed by atoms with Crippen LogP contribution in [0.1, 0.15) is 44.8 Å². The summed E-state index contributed by atoms with van der Waals surface area (Å²) in [5.74, 6) is 1.08. The largest absolute Gasteiger partial charge is 0.497 e. The van der Waals surface area contributed by atoms with Crippen molar-refractivity contribution >= 4 is 28.5 Å². The highest BCUT2D eigenvalue weighted by molar-refractivity contribution is 6.01. The van der Waals surface area contributed by atoms with Crippen LogP contribution in [0.25, 0.3) is 11.0 Å². The van der Waals surface area contributed by atoms with Crippen LogP contribution in [0.4, 0.5) is 5.69 Å². The van der Waals surface area contributed by atoms with Crippen molar-refractivity contribution < 1.29 is 23.5 Å². The average Bonchev–Trinajstić information content (AvgIpc) is 3.52. The Morgan fingerprint density at radius 1 is 1.08 bits per heavy atom. The average molecular weight is 520 g/mol. The Kier molecular flexibility index (Phi) is 7.70. The third kappa shape index (κ3) is 5.64. The number of fused-ring (bicyclic) bond motifs is 1. The van der Waals surface area contributed by atoms with Gasteiger partial charge >= 0.3 is 0 Å². The first kappa shape index (κ1) is 26.7. The normalized spacial score (nSPS) is 12.3. The fourth-order valence-electron chi connectivity index (χ4n) is 4.07. The Hall–Kier alpha value is -4.34. The van der Waals surface area contributed by atoms with Crippen LogP contribution in [0.15, 0.2) is 59.0 Å². The lowest BCUT2D eigenvalue weighted by Crippen LogP contribution is -2.51. The van der Waals surface area contributed by atoms with Crippen LogP contribution in [-0.2, 0) is 16.1 Å². The molecule has 2 amide bonds. The highest BCUT2D eigenvalue weighted by Gasteiger charge is 2.37. The second-order valence-electron chi connectivity index (χ2n) is 9.65. The summed E-state index contributed by atoms with van der Waals surface area (Å²) in [5.41, 5.74) is 1.25. The topological polar surface area (TPSA) is 112 Å². The zero-order chi connectivity index (χ0) is 27.4. The lowest BCUT2D eigenvalue weighted by Gasteiger charge is -2.33. The maximum absolute atomic E-state index is 14.1. The summed E-state index contributed by atoms with van der Waals surface area (Å²) in [6, 6.07) is 14.8. The summed E-state index contributed by atoms with van der Waals surface area (Å²) < 4.78 is 18.4. The molecule has 4 aromatic rings. The van der Waals surface area contributed by atoms with Gasteiger partial charge in [-0.3, -0.25) is 14.5 Å². The zero-order valence-electron chi connectivity index (χ0n) is 22.5. The minimum absolute atomic E-state index is 0.166. The van der Waals surface area contributed by atoms with Crippen LogP contribution >= 0.6 is 0 Å². The van der Waals surface area contributed by atoms with Gasteiger partial charge in [0.25, 0.3) is 5.91 Å². The Labute approximate surface area is 221 Å². The molecule has 0 radical (unpaired) electrons. The number of furan rings is 1. The first-order chi connectivity index (χ1) is 18.2. The van der Waals surface area contributed by atoms with E-state index in [-0.39, 0.29) is 12.5 Å². The van der Waals surface area contributed by atoms with Crippen molar-refractivity contribution in [3.05, 3.63) is 66.1 Å². The molecule has 0 saturated carbocycles. The number of rotatable bonds is 10. The minimum Gasteiger partial charge on any atom is -0.497 e. The minimum atomic E-state index is -1.12. The molecule has 0 fully saturated rings. The number of carbonyl (C=O) groups is 2. The molecule has 10 nitrogen and oxygen atoms in total. The number of benzene rings is 2. The summed E-state index contributed by atoms with van der Waals surface area (Å²) in [5, 5.41) is 11.4. The molecule has 38 heavy (non-hydrogen) atoms. The number of anilines is 1. The van der Waals surface area contributed by atoms with E-state index in [0.29, 0.717) is 46.2 Å². The van der Waals surface area contributed by atoms with Crippen LogP contribution < -0.4 is 19.7 Å². The van der Waals surface area contributed by atoms with Gasteiger partial charge in [-0.05, 0) is 51.5 Å². The summed E-state index contributed by atoms with van der Waals surface area (Å²) in [6.45, 7) is 7.46. The molecule has 1 atom stereocenters. The van der Waals surface area contributed by atoms with Gasteiger partial charge in [0.05, 0.1) is 25.4 Å². The molecule has 0 saturated heterocycles. The van der Waals surface area contributed by atoms with Gasteiger partial charge in [-0.25, -0.2) is 4.68 Å². The van der Waals surface area contributed by atoms with Crippen molar-refractivity contribution in [2.24, 2.45) is 0 Å². The van der Waals surface area contributed by atoms with E-state index < -0.39 is 17.5 Å². The van der Waals surface area contributed by atoms with Crippen LogP contribution in [0.3, 0.4) is 0 Å². The fraction of sp³-hybridized carbons (Fsp3) is 0.357. The predicted octanol–water partition coefficient (Wildman–Crippen LogP) is 4.43. The van der Waals surface area contributed by atoms with Crippen molar-refractivity contribution in [2.45, 2.75) is 52.2 Å². The number of aromatic nitrogens is 3. The molecule has 2 aromatic carbocycles. The molecule has 0 bridgehead atoms. The number of amides is 2. The zero-order valence-corrected chi connectivity index (χ0v) is 22.5. The van der Waals surface area contributed by atoms with Gasteiger partial charge in [0.1, 0.15) is 35.1 Å². The highest BCUT2D eigenvalue weighted by Crippen LogP contribution is 2.35. The Morgan fingerprint density at radius 2 is 1.76 bits per heavy atom. The van der Waals surface area contributed by atoms with Crippen LogP contribution in [0.2, 0.25) is 0 Å². The van der Waals surface area contributed by atoms with Crippen molar-refractivity contribution in [3.63, 3.8) is 0 Å². The fourth-order valence-corrected chi connectivity index (χ4v) is 4.07. The third-order valence-electron chi connectivity index (χ3n) is 6.47.